The van der Waals surface area contributed by atoms with Gasteiger partial charge >= 0.3 is 0 Å². The molecule has 0 aliphatic carbocycles. The molecule has 1 heterocycles. The predicted octanol–water partition coefficient (Wildman–Crippen LogP) is 5.14. The van der Waals surface area contributed by atoms with E-state index in [0.717, 1.165) is 16.8 Å². The zero-order valence-electron chi connectivity index (χ0n) is 17.9. The molecule has 0 spiro atoms. The molecule has 0 aliphatic rings. The third-order valence-electron chi connectivity index (χ3n) is 4.84. The molecule has 1 N–H and O–H groups in total. The van der Waals surface area contributed by atoms with Crippen molar-refractivity contribution in [2.45, 2.75) is 26.4 Å². The second-order valence-corrected chi connectivity index (χ2v) is 8.35. The Hall–Kier alpha value is -3.19. The van der Waals surface area contributed by atoms with Gasteiger partial charge in [0.25, 0.3) is 5.91 Å². The average molecular weight is 440 g/mol. The lowest BCUT2D eigenvalue weighted by atomic mass is 10.1. The van der Waals surface area contributed by atoms with Crippen molar-refractivity contribution in [3.8, 4) is 0 Å². The number of benzene rings is 2. The maximum atomic E-state index is 13.6. The number of rotatable bonds is 8. The maximum Gasteiger partial charge on any atom is 0.265 e. The van der Waals surface area contributed by atoms with Crippen LogP contribution < -0.4 is 10.2 Å². The molecule has 31 heavy (non-hydrogen) atoms. The SMILES string of the molecule is CCC(=O)N(Cc1cccc(F)c1)Cc1cc(NC(=O)c2cccs2)ccc1N(C)C. The van der Waals surface area contributed by atoms with Crippen molar-refractivity contribution >= 4 is 34.5 Å². The Balaban J connectivity index is 1.87. The third kappa shape index (κ3) is 5.92. The quantitative estimate of drug-likeness (QED) is 0.528. The second-order valence-electron chi connectivity index (χ2n) is 7.40. The number of nitrogens with zero attached hydrogens (tertiary/aromatic N) is 2. The van der Waals surface area contributed by atoms with Gasteiger partial charge in [0, 0.05) is 45.0 Å². The summed E-state index contributed by atoms with van der Waals surface area (Å²) in [5, 5.41) is 4.78. The molecular formula is C24H26FN3O2S. The molecule has 7 heteroatoms. The topological polar surface area (TPSA) is 52.7 Å². The molecule has 0 aliphatic heterocycles. The van der Waals surface area contributed by atoms with Crippen molar-refractivity contribution in [3.05, 3.63) is 81.8 Å². The summed E-state index contributed by atoms with van der Waals surface area (Å²) < 4.78 is 13.6. The van der Waals surface area contributed by atoms with E-state index in [1.165, 1.54) is 23.5 Å². The minimum atomic E-state index is -0.325. The van der Waals surface area contributed by atoms with Gasteiger partial charge in [-0.2, -0.15) is 0 Å². The average Bonchev–Trinajstić information content (AvgIpc) is 3.28. The fourth-order valence-corrected chi connectivity index (χ4v) is 3.96. The van der Waals surface area contributed by atoms with Crippen LogP contribution in [-0.4, -0.2) is 30.8 Å². The molecule has 0 unspecified atom stereocenters. The maximum absolute atomic E-state index is 13.6. The summed E-state index contributed by atoms with van der Waals surface area (Å²) in [5.41, 5.74) is 3.23. The normalized spacial score (nSPS) is 10.6. The van der Waals surface area contributed by atoms with E-state index in [2.05, 4.69) is 5.32 Å². The van der Waals surface area contributed by atoms with Crippen LogP contribution in [0, 0.1) is 5.82 Å². The van der Waals surface area contributed by atoms with Gasteiger partial charge in [-0.05, 0) is 52.9 Å². The van der Waals surface area contributed by atoms with E-state index in [1.807, 2.05) is 61.6 Å². The Morgan fingerprint density at radius 2 is 1.84 bits per heavy atom. The fourth-order valence-electron chi connectivity index (χ4n) is 3.34. The number of thiophene rings is 1. The Morgan fingerprint density at radius 1 is 1.03 bits per heavy atom. The van der Waals surface area contributed by atoms with E-state index in [9.17, 15) is 14.0 Å². The minimum Gasteiger partial charge on any atom is -0.377 e. The summed E-state index contributed by atoms with van der Waals surface area (Å²) >= 11 is 1.38. The molecule has 3 aromatic rings. The lowest BCUT2D eigenvalue weighted by molar-refractivity contribution is -0.132. The molecule has 0 atom stereocenters. The van der Waals surface area contributed by atoms with Crippen LogP contribution in [0.2, 0.25) is 0 Å². The first-order valence-corrected chi connectivity index (χ1v) is 10.9. The summed E-state index contributed by atoms with van der Waals surface area (Å²) in [6.45, 7) is 2.47. The monoisotopic (exact) mass is 439 g/mol. The molecule has 162 valence electrons. The molecule has 0 saturated carbocycles. The molecule has 2 amide bonds. The van der Waals surface area contributed by atoms with Crippen LogP contribution in [0.15, 0.2) is 60.0 Å². The number of amides is 2. The molecule has 2 aromatic carbocycles. The van der Waals surface area contributed by atoms with Gasteiger partial charge in [0.15, 0.2) is 0 Å². The van der Waals surface area contributed by atoms with Crippen molar-refractivity contribution in [2.75, 3.05) is 24.3 Å². The lowest BCUT2D eigenvalue weighted by Gasteiger charge is -2.26. The van der Waals surface area contributed by atoms with E-state index in [1.54, 1.807) is 17.0 Å². The first-order valence-electron chi connectivity index (χ1n) is 10.0. The lowest BCUT2D eigenvalue weighted by Crippen LogP contribution is -2.30. The van der Waals surface area contributed by atoms with Crippen molar-refractivity contribution in [3.63, 3.8) is 0 Å². The predicted molar refractivity (Wildman–Crippen MR) is 124 cm³/mol. The van der Waals surface area contributed by atoms with Gasteiger partial charge in [0.2, 0.25) is 5.91 Å². The third-order valence-corrected chi connectivity index (χ3v) is 5.71. The molecular weight excluding hydrogens is 413 g/mol. The van der Waals surface area contributed by atoms with Gasteiger partial charge in [-0.3, -0.25) is 9.59 Å². The number of nitrogens with one attached hydrogen (secondary N) is 1. The number of anilines is 2. The zero-order valence-corrected chi connectivity index (χ0v) is 18.7. The van der Waals surface area contributed by atoms with Crippen LogP contribution in [0.3, 0.4) is 0 Å². The largest absolute Gasteiger partial charge is 0.377 e. The molecule has 0 radical (unpaired) electrons. The van der Waals surface area contributed by atoms with Crippen molar-refractivity contribution in [2.24, 2.45) is 0 Å². The van der Waals surface area contributed by atoms with E-state index >= 15 is 0 Å². The Labute approximate surface area is 186 Å². The number of carbonyl (C=O) groups excluding carboxylic acids is 2. The highest BCUT2D eigenvalue weighted by molar-refractivity contribution is 7.12. The Morgan fingerprint density at radius 3 is 2.48 bits per heavy atom. The molecule has 0 saturated heterocycles. The molecule has 5 nitrogen and oxygen atoms in total. The van der Waals surface area contributed by atoms with E-state index in [0.29, 0.717) is 30.1 Å². The Bertz CT molecular complexity index is 1050. The Kier molecular flexibility index (Phi) is 7.41. The first-order chi connectivity index (χ1) is 14.9. The highest BCUT2D eigenvalue weighted by atomic mass is 32.1. The fraction of sp³-hybridized carbons (Fsp3) is 0.250. The minimum absolute atomic E-state index is 0.0259. The smallest absolute Gasteiger partial charge is 0.265 e. The van der Waals surface area contributed by atoms with Crippen molar-refractivity contribution in [1.29, 1.82) is 0 Å². The van der Waals surface area contributed by atoms with Crippen molar-refractivity contribution in [1.82, 2.24) is 4.90 Å². The van der Waals surface area contributed by atoms with Gasteiger partial charge in [0.1, 0.15) is 5.82 Å². The number of halogens is 1. The van der Waals surface area contributed by atoms with Gasteiger partial charge in [-0.25, -0.2) is 4.39 Å². The highest BCUT2D eigenvalue weighted by Crippen LogP contribution is 2.26. The van der Waals surface area contributed by atoms with Crippen LogP contribution in [0.5, 0.6) is 0 Å². The summed E-state index contributed by atoms with van der Waals surface area (Å²) in [5.74, 6) is -0.518. The summed E-state index contributed by atoms with van der Waals surface area (Å²) in [6, 6.07) is 15.6. The van der Waals surface area contributed by atoms with E-state index in [4.69, 9.17) is 0 Å². The molecule has 0 bridgehead atoms. The van der Waals surface area contributed by atoms with Crippen LogP contribution in [0.4, 0.5) is 15.8 Å². The van der Waals surface area contributed by atoms with Crippen LogP contribution >= 0.6 is 11.3 Å². The van der Waals surface area contributed by atoms with Crippen LogP contribution in [0.1, 0.15) is 34.1 Å². The highest BCUT2D eigenvalue weighted by Gasteiger charge is 2.17. The van der Waals surface area contributed by atoms with Crippen LogP contribution in [0.25, 0.3) is 0 Å². The van der Waals surface area contributed by atoms with Gasteiger partial charge < -0.3 is 15.1 Å². The van der Waals surface area contributed by atoms with Gasteiger partial charge in [-0.15, -0.1) is 11.3 Å². The summed E-state index contributed by atoms with van der Waals surface area (Å²) in [4.78, 5) is 29.4. The molecule has 3 rings (SSSR count). The summed E-state index contributed by atoms with van der Waals surface area (Å²) in [7, 11) is 3.86. The molecule has 1 aromatic heterocycles. The van der Waals surface area contributed by atoms with Gasteiger partial charge in [0.05, 0.1) is 4.88 Å². The van der Waals surface area contributed by atoms with Crippen LogP contribution in [-0.2, 0) is 17.9 Å². The number of hydrogen-bond acceptors (Lipinski definition) is 4. The number of carbonyl (C=O) groups is 2. The standard InChI is InChI=1S/C24H26FN3O2S/c1-4-23(29)28(15-17-7-5-8-19(25)13-17)16-18-14-20(10-11-21(18)27(2)3)26-24(30)22-9-6-12-31-22/h5-14H,4,15-16H2,1-3H3,(H,26,30). The first kappa shape index (κ1) is 22.5. The second kappa shape index (κ2) is 10.2. The van der Waals surface area contributed by atoms with E-state index < -0.39 is 0 Å². The summed E-state index contributed by atoms with van der Waals surface area (Å²) in [6.07, 6.45) is 0.349. The van der Waals surface area contributed by atoms with Crippen molar-refractivity contribution < 1.29 is 14.0 Å². The van der Waals surface area contributed by atoms with Gasteiger partial charge in [-0.1, -0.05) is 25.1 Å². The zero-order chi connectivity index (χ0) is 22.4. The van der Waals surface area contributed by atoms with E-state index in [-0.39, 0.29) is 17.6 Å². The molecule has 0 fully saturated rings. The number of hydrogen-bond donors (Lipinski definition) is 1.